The molecule has 7 atom stereocenters. The van der Waals surface area contributed by atoms with Gasteiger partial charge in [0.1, 0.15) is 24.1 Å². The van der Waals surface area contributed by atoms with E-state index < -0.39 is 42.3 Å². The fraction of sp³-hybridized carbons (Fsp3) is 0.667. The zero-order valence-electron chi connectivity index (χ0n) is 17.2. The molecule has 2 aliphatic rings. The third-order valence-electron chi connectivity index (χ3n) is 6.02. The van der Waals surface area contributed by atoms with Crippen LogP contribution in [0.25, 0.3) is 0 Å². The molecule has 1 aliphatic heterocycles. The first-order valence-electron chi connectivity index (χ1n) is 10.2. The van der Waals surface area contributed by atoms with Crippen molar-refractivity contribution < 1.29 is 39.8 Å². The molecule has 1 saturated heterocycles. The molecule has 0 unspecified atom stereocenters. The van der Waals surface area contributed by atoms with Crippen LogP contribution in [-0.2, 0) is 15.1 Å². The molecule has 9 heteroatoms. The Balaban J connectivity index is 1.82. The van der Waals surface area contributed by atoms with Crippen molar-refractivity contribution >= 4 is 5.97 Å². The molecule has 3 rings (SSSR count). The van der Waals surface area contributed by atoms with Crippen LogP contribution in [0, 0.1) is 5.92 Å². The van der Waals surface area contributed by atoms with Gasteiger partial charge < -0.3 is 39.9 Å². The summed E-state index contributed by atoms with van der Waals surface area (Å²) in [6.45, 7) is 0.733. The minimum Gasteiger partial charge on any atom is -0.479 e. The summed E-state index contributed by atoms with van der Waals surface area (Å²) >= 11 is 0. The Morgan fingerprint density at radius 3 is 2.60 bits per heavy atom. The Morgan fingerprint density at radius 2 is 1.93 bits per heavy atom. The van der Waals surface area contributed by atoms with E-state index in [1.54, 1.807) is 18.2 Å². The molecular formula is C21H31NO8. The quantitative estimate of drug-likeness (QED) is 0.422. The van der Waals surface area contributed by atoms with Crippen molar-refractivity contribution in [2.75, 3.05) is 20.6 Å². The summed E-state index contributed by atoms with van der Waals surface area (Å²) in [5.41, 5.74) is -0.361. The highest BCUT2D eigenvalue weighted by Crippen LogP contribution is 2.43. The number of rotatable bonds is 6. The van der Waals surface area contributed by atoms with Crippen LogP contribution < -0.4 is 4.74 Å². The fourth-order valence-corrected chi connectivity index (χ4v) is 4.41. The molecule has 0 radical (unpaired) electrons. The van der Waals surface area contributed by atoms with E-state index in [-0.39, 0.29) is 11.7 Å². The molecule has 1 aromatic rings. The smallest absolute Gasteiger partial charge is 0.335 e. The topological polar surface area (TPSA) is 140 Å². The number of carbonyl (C=O) groups is 1. The lowest BCUT2D eigenvalue weighted by Crippen LogP contribution is -2.61. The van der Waals surface area contributed by atoms with E-state index in [9.17, 15) is 30.3 Å². The Hall–Kier alpha value is -1.75. The highest BCUT2D eigenvalue weighted by atomic mass is 16.7. The SMILES string of the molecule is CN(C)C[C@@H]1CCCC[C@]1(O)c1cccc(O[C@@H]2O[C@H](C(=O)O)[C@@H](O)[C@H](O)[C@@H]2O)c1. The van der Waals surface area contributed by atoms with E-state index in [4.69, 9.17) is 9.47 Å². The average molecular weight is 425 g/mol. The Morgan fingerprint density at radius 1 is 1.20 bits per heavy atom. The van der Waals surface area contributed by atoms with Gasteiger partial charge in [-0.2, -0.15) is 0 Å². The highest BCUT2D eigenvalue weighted by molar-refractivity contribution is 5.73. The van der Waals surface area contributed by atoms with E-state index in [0.717, 1.165) is 25.8 Å². The van der Waals surface area contributed by atoms with Crippen LogP contribution in [0.1, 0.15) is 31.2 Å². The number of carboxylic acid groups (broad SMARTS) is 1. The van der Waals surface area contributed by atoms with Gasteiger partial charge in [0.15, 0.2) is 6.10 Å². The molecular weight excluding hydrogens is 394 g/mol. The van der Waals surface area contributed by atoms with E-state index >= 15 is 0 Å². The summed E-state index contributed by atoms with van der Waals surface area (Å²) in [5.74, 6) is -1.17. The first-order chi connectivity index (χ1) is 14.1. The number of nitrogens with zero attached hydrogens (tertiary/aromatic N) is 1. The molecule has 0 aromatic heterocycles. The van der Waals surface area contributed by atoms with Crippen LogP contribution >= 0.6 is 0 Å². The maximum Gasteiger partial charge on any atom is 0.335 e. The zero-order valence-corrected chi connectivity index (χ0v) is 17.2. The number of ether oxygens (including phenoxy) is 2. The second-order valence-electron chi connectivity index (χ2n) is 8.51. The number of carboxylic acids is 1. The van der Waals surface area contributed by atoms with Gasteiger partial charge in [0.2, 0.25) is 6.29 Å². The Labute approximate surface area is 175 Å². The monoisotopic (exact) mass is 425 g/mol. The molecule has 0 amide bonds. The van der Waals surface area contributed by atoms with Gasteiger partial charge in [0.25, 0.3) is 0 Å². The van der Waals surface area contributed by atoms with E-state index in [2.05, 4.69) is 0 Å². The molecule has 2 fully saturated rings. The normalized spacial score (nSPS) is 37.2. The van der Waals surface area contributed by atoms with Gasteiger partial charge in [-0.1, -0.05) is 25.0 Å². The van der Waals surface area contributed by atoms with Crippen LogP contribution in [0.3, 0.4) is 0 Å². The minimum absolute atomic E-state index is 0.0429. The second kappa shape index (κ2) is 9.17. The van der Waals surface area contributed by atoms with E-state index in [1.807, 2.05) is 25.1 Å². The Kier molecular flexibility index (Phi) is 7.01. The van der Waals surface area contributed by atoms with Crippen molar-refractivity contribution in [1.29, 1.82) is 0 Å². The molecule has 1 aromatic carbocycles. The molecule has 168 valence electrons. The first-order valence-corrected chi connectivity index (χ1v) is 10.2. The molecule has 1 aliphatic carbocycles. The van der Waals surface area contributed by atoms with Crippen molar-refractivity contribution in [3.05, 3.63) is 29.8 Å². The van der Waals surface area contributed by atoms with Gasteiger partial charge in [-0.15, -0.1) is 0 Å². The Bertz CT molecular complexity index is 743. The second-order valence-corrected chi connectivity index (χ2v) is 8.51. The fourth-order valence-electron chi connectivity index (χ4n) is 4.41. The molecule has 1 saturated carbocycles. The predicted octanol–water partition coefficient (Wildman–Crippen LogP) is -0.103. The van der Waals surface area contributed by atoms with Crippen molar-refractivity contribution in [3.8, 4) is 5.75 Å². The van der Waals surface area contributed by atoms with Crippen molar-refractivity contribution in [2.24, 2.45) is 5.92 Å². The first kappa shape index (κ1) is 22.9. The number of benzene rings is 1. The third kappa shape index (κ3) is 4.61. The standard InChI is InChI=1S/C21H31NO8/c1-22(2)11-13-6-3-4-9-21(13,28)12-7-5-8-14(10-12)29-20-17(25)15(23)16(24)18(30-20)19(26)27/h5,7-8,10,13,15-18,20,23-25,28H,3-4,6,9,11H2,1-2H3,(H,26,27)/t13-,15-,16-,17-,18-,20+,21-/m0/s1. The maximum absolute atomic E-state index is 11.5. The molecule has 30 heavy (non-hydrogen) atoms. The van der Waals surface area contributed by atoms with Gasteiger partial charge in [0.05, 0.1) is 5.60 Å². The van der Waals surface area contributed by atoms with Crippen LogP contribution in [0.15, 0.2) is 24.3 Å². The average Bonchev–Trinajstić information content (AvgIpc) is 2.70. The third-order valence-corrected chi connectivity index (χ3v) is 6.02. The van der Waals surface area contributed by atoms with Gasteiger partial charge in [0, 0.05) is 12.5 Å². The minimum atomic E-state index is -1.78. The summed E-state index contributed by atoms with van der Waals surface area (Å²) in [6, 6.07) is 6.77. The van der Waals surface area contributed by atoms with Crippen LogP contribution in [-0.4, -0.2) is 87.7 Å². The summed E-state index contributed by atoms with van der Waals surface area (Å²) in [7, 11) is 3.93. The van der Waals surface area contributed by atoms with Gasteiger partial charge >= 0.3 is 5.97 Å². The van der Waals surface area contributed by atoms with Gasteiger partial charge in [-0.25, -0.2) is 4.79 Å². The lowest BCUT2D eigenvalue weighted by molar-refractivity contribution is -0.271. The molecule has 0 bridgehead atoms. The van der Waals surface area contributed by atoms with E-state index in [0.29, 0.717) is 12.0 Å². The number of aliphatic carboxylic acids is 1. The maximum atomic E-state index is 11.5. The van der Waals surface area contributed by atoms with Crippen LogP contribution in [0.5, 0.6) is 5.75 Å². The molecule has 5 N–H and O–H groups in total. The number of hydrogen-bond donors (Lipinski definition) is 5. The largest absolute Gasteiger partial charge is 0.479 e. The summed E-state index contributed by atoms with van der Waals surface area (Å²) in [5, 5.41) is 50.6. The number of aliphatic hydroxyl groups excluding tert-OH is 3. The van der Waals surface area contributed by atoms with Crippen LogP contribution in [0.4, 0.5) is 0 Å². The van der Waals surface area contributed by atoms with Crippen LogP contribution in [0.2, 0.25) is 0 Å². The molecule has 9 nitrogen and oxygen atoms in total. The van der Waals surface area contributed by atoms with Crippen molar-refractivity contribution in [1.82, 2.24) is 4.90 Å². The zero-order chi connectivity index (χ0) is 22.1. The lowest BCUT2D eigenvalue weighted by atomic mass is 9.71. The highest BCUT2D eigenvalue weighted by Gasteiger charge is 2.48. The molecule has 1 heterocycles. The van der Waals surface area contributed by atoms with Crippen molar-refractivity contribution in [2.45, 2.75) is 62.0 Å². The van der Waals surface area contributed by atoms with Crippen molar-refractivity contribution in [3.63, 3.8) is 0 Å². The molecule has 0 spiro atoms. The predicted molar refractivity (Wildman–Crippen MR) is 106 cm³/mol. The van der Waals surface area contributed by atoms with Gasteiger partial charge in [-0.3, -0.25) is 0 Å². The van der Waals surface area contributed by atoms with E-state index in [1.165, 1.54) is 0 Å². The number of hydrogen-bond acceptors (Lipinski definition) is 8. The summed E-state index contributed by atoms with van der Waals surface area (Å²) < 4.78 is 10.8. The van der Waals surface area contributed by atoms with Gasteiger partial charge in [-0.05, 0) is 44.6 Å². The lowest BCUT2D eigenvalue weighted by Gasteiger charge is -2.42. The summed E-state index contributed by atoms with van der Waals surface area (Å²) in [4.78, 5) is 13.3. The number of aliphatic hydroxyl groups is 4. The summed E-state index contributed by atoms with van der Waals surface area (Å²) in [6.07, 6.45) is -4.91.